The van der Waals surface area contributed by atoms with Crippen molar-refractivity contribution in [3.63, 3.8) is 0 Å². The van der Waals surface area contributed by atoms with E-state index in [0.29, 0.717) is 106 Å². The number of unbranched alkanes of at least 4 members (excludes halogenated alkanes) is 2. The Kier molecular flexibility index (Phi) is 18.0. The van der Waals surface area contributed by atoms with Crippen molar-refractivity contribution in [1.29, 1.82) is 0 Å². The summed E-state index contributed by atoms with van der Waals surface area (Å²) in [5.74, 6) is -1.48. The number of carbonyl (C=O) groups excluding carboxylic acids is 8. The molecule has 3 aromatic carbocycles. The van der Waals surface area contributed by atoms with Crippen molar-refractivity contribution in [3.8, 4) is 11.1 Å². The topological polar surface area (TPSA) is 294 Å². The number of hydrogen-bond donors (Lipinski definition) is 5. The van der Waals surface area contributed by atoms with Gasteiger partial charge in [-0.15, -0.1) is 9.69 Å². The van der Waals surface area contributed by atoms with Crippen LogP contribution >= 0.6 is 11.6 Å². The molecule has 4 saturated heterocycles. The Morgan fingerprint density at radius 1 is 0.782 bits per heavy atom. The van der Waals surface area contributed by atoms with Crippen LogP contribution in [0.3, 0.4) is 0 Å². The molecule has 0 unspecified atom stereocenters. The van der Waals surface area contributed by atoms with Gasteiger partial charge in [0.05, 0.1) is 49.7 Å². The highest BCUT2D eigenvalue weighted by atomic mass is 35.5. The van der Waals surface area contributed by atoms with E-state index in [2.05, 4.69) is 48.0 Å². The van der Waals surface area contributed by atoms with E-state index < -0.39 is 23.7 Å². The number of amides is 8. The lowest BCUT2D eigenvalue weighted by molar-refractivity contribution is -0.142. The van der Waals surface area contributed by atoms with Crippen LogP contribution < -0.4 is 36.5 Å². The van der Waals surface area contributed by atoms with Gasteiger partial charge in [0.2, 0.25) is 23.6 Å². The summed E-state index contributed by atoms with van der Waals surface area (Å²) in [7, 11) is 3.04. The first-order chi connectivity index (χ1) is 42.1. The van der Waals surface area contributed by atoms with E-state index in [0.717, 1.165) is 77.4 Å². The van der Waals surface area contributed by atoms with Crippen LogP contribution in [0.5, 0.6) is 0 Å². The number of halogens is 1. The van der Waals surface area contributed by atoms with Gasteiger partial charge in [0, 0.05) is 112 Å². The Labute approximate surface area is 507 Å². The number of urea groups is 1. The lowest BCUT2D eigenvalue weighted by atomic mass is 9.88. The maximum Gasteiger partial charge on any atom is 0.340 e. The highest BCUT2D eigenvalue weighted by Crippen LogP contribution is 2.44. The number of methoxy groups -OCH3 is 1. The molecule has 6 aliphatic heterocycles. The standard InChI is InChI=1S/C61H73ClN16O9/c1-72-26-27-75(61(72)86)43-8-7-23-74(36-43)49-33-67-58(59(63)85)60(70-49)69-42-14-12-38(13-15-42)39-18-24-73(25-19-39)53(82)11-4-3-5-22-64-50(79)16-17-54(83)78-28-20-40(21-29-78)57-56-44(45-31-48-41(30-46(45)62)32-68-77(48)78)9-6-10-47(56)76(71-57)37-52(81)65-34-51(80)66-35-55(84)87-2/h6,9-10,12-15,30-33,39-40,43H,3-5,7-8,11,16-29,34-37H2,1-2H3,(H5-,63,64,65,66,69,70,79,80,81,85)/p+1/t40?,43-,78?/m1/s1. The molecular weight excluding hydrogens is 1140 g/mol. The van der Waals surface area contributed by atoms with Crippen LogP contribution in [0.2, 0.25) is 5.02 Å². The Balaban J connectivity index is 0.628. The zero-order valence-electron chi connectivity index (χ0n) is 49.1. The second-order valence-corrected chi connectivity index (χ2v) is 23.7. The van der Waals surface area contributed by atoms with Crippen LogP contribution in [-0.2, 0) is 40.0 Å². The summed E-state index contributed by atoms with van der Waals surface area (Å²) in [5.41, 5.74) is 11.4. The van der Waals surface area contributed by atoms with E-state index in [1.54, 1.807) is 26.8 Å². The fourth-order valence-corrected chi connectivity index (χ4v) is 13.3. The maximum atomic E-state index is 14.7. The van der Waals surface area contributed by atoms with E-state index in [1.807, 2.05) is 59.3 Å². The number of nitrogens with one attached hydrogen (secondary N) is 4. The fourth-order valence-electron chi connectivity index (χ4n) is 13.1. The predicted octanol–water partition coefficient (Wildman–Crippen LogP) is 4.80. The first-order valence-electron chi connectivity index (χ1n) is 30.1. The second kappa shape index (κ2) is 26.1. The normalized spacial score (nSPS) is 19.3. The number of esters is 1. The third-order valence-electron chi connectivity index (χ3n) is 17.9. The first-order valence-corrected chi connectivity index (χ1v) is 30.5. The molecule has 6 N–H and O–H groups in total. The third-order valence-corrected chi connectivity index (χ3v) is 18.2. The zero-order valence-corrected chi connectivity index (χ0v) is 49.9. The van der Waals surface area contributed by atoms with Crippen molar-refractivity contribution in [2.24, 2.45) is 5.73 Å². The van der Waals surface area contributed by atoms with E-state index in [-0.39, 0.29) is 90.2 Å². The molecule has 1 atom stereocenters. The minimum Gasteiger partial charge on any atom is -0.468 e. The van der Waals surface area contributed by atoms with Crippen LogP contribution in [0.15, 0.2) is 67.0 Å². The number of rotatable bonds is 21. The number of nitrogens with two attached hydrogens (primary N) is 1. The van der Waals surface area contributed by atoms with Gasteiger partial charge >= 0.3 is 17.9 Å². The monoisotopic (exact) mass is 1210 g/mol. The van der Waals surface area contributed by atoms with E-state index in [4.69, 9.17) is 32.5 Å². The summed E-state index contributed by atoms with van der Waals surface area (Å²) >= 11 is 7.04. The molecular formula is C61H74ClN16O9+. The van der Waals surface area contributed by atoms with Crippen molar-refractivity contribution in [1.82, 2.24) is 64.9 Å². The number of likely N-dealkylation sites (tertiary alicyclic amines) is 1. The van der Waals surface area contributed by atoms with Crippen LogP contribution in [0.1, 0.15) is 111 Å². The number of fused-ring (bicyclic) bond motifs is 2. The molecule has 0 aliphatic carbocycles. The average molecular weight is 1210 g/mol. The van der Waals surface area contributed by atoms with Gasteiger partial charge in [0.25, 0.3) is 5.91 Å². The molecule has 458 valence electrons. The van der Waals surface area contributed by atoms with Gasteiger partial charge in [0.1, 0.15) is 37.5 Å². The molecule has 3 aromatic heterocycles. The molecule has 25 nitrogen and oxygen atoms in total. The largest absolute Gasteiger partial charge is 0.468 e. The van der Waals surface area contributed by atoms with Gasteiger partial charge in [-0.25, -0.2) is 19.6 Å². The van der Waals surface area contributed by atoms with Crippen LogP contribution in [-0.4, -0.2) is 184 Å². The fraction of sp³-hybridized carbons (Fsp3) is 0.475. The Hall–Kier alpha value is -8.71. The Morgan fingerprint density at radius 2 is 1.56 bits per heavy atom. The number of piperidine rings is 3. The number of benzene rings is 3. The smallest absolute Gasteiger partial charge is 0.340 e. The number of hydrogen-bond acceptors (Lipinski definition) is 15. The maximum absolute atomic E-state index is 14.7. The molecule has 26 heteroatoms. The number of primary amides is 1. The van der Waals surface area contributed by atoms with E-state index >= 15 is 0 Å². The molecule has 12 rings (SSSR count). The summed E-state index contributed by atoms with van der Waals surface area (Å²) in [6, 6.07) is 17.7. The van der Waals surface area contributed by atoms with Crippen molar-refractivity contribution < 1.29 is 43.1 Å². The van der Waals surface area contributed by atoms with Crippen LogP contribution in [0, 0.1) is 0 Å². The lowest BCUT2D eigenvalue weighted by Gasteiger charge is -2.39. The van der Waals surface area contributed by atoms with Gasteiger partial charge < -0.3 is 51.3 Å². The Morgan fingerprint density at radius 3 is 2.31 bits per heavy atom. The summed E-state index contributed by atoms with van der Waals surface area (Å²) in [5, 5.41) is 23.2. The summed E-state index contributed by atoms with van der Waals surface area (Å²) in [4.78, 5) is 122. The lowest BCUT2D eigenvalue weighted by Crippen LogP contribution is -2.65. The minimum absolute atomic E-state index is 0.00415. The summed E-state index contributed by atoms with van der Waals surface area (Å²) in [6.07, 6.45) is 10.5. The van der Waals surface area contributed by atoms with Gasteiger partial charge in [-0.3, -0.25) is 33.4 Å². The predicted molar refractivity (Wildman–Crippen MR) is 325 cm³/mol. The molecule has 87 heavy (non-hydrogen) atoms. The second-order valence-electron chi connectivity index (χ2n) is 23.3. The molecule has 4 fully saturated rings. The summed E-state index contributed by atoms with van der Waals surface area (Å²) in [6.45, 7) is 4.47. The highest BCUT2D eigenvalue weighted by Gasteiger charge is 2.46. The number of nitrogens with zero attached hydrogens (tertiary/aromatic N) is 11. The summed E-state index contributed by atoms with van der Waals surface area (Å²) < 4.78 is 6.08. The molecule has 9 heterocycles. The molecule has 8 amide bonds. The van der Waals surface area contributed by atoms with Gasteiger partial charge in [-0.05, 0) is 85.9 Å². The number of aromatic nitrogens is 6. The SMILES string of the molecule is COC(=O)CNC(=O)CNC(=O)Cn1nc2c3c(cccc31)-c1cc3c(cnn3[N+]3(C(=O)CCC(=O)NCCCCCC(=O)N4CCC(c5ccc(Nc6nc(N7CCC[C@@H](N8CCN(C)C8=O)C7)cnc6C(N)=O)cc5)CC4)CCC2CC3)cc1Cl. The molecule has 6 aliphatic rings. The van der Waals surface area contributed by atoms with Crippen molar-refractivity contribution in [2.75, 3.05) is 96.4 Å². The third kappa shape index (κ3) is 12.9. The van der Waals surface area contributed by atoms with Gasteiger partial charge in [-0.2, -0.15) is 5.10 Å². The average Bonchev–Trinajstić information content (AvgIpc) is 1.72. The number of ether oxygens (including phenoxy) is 1. The van der Waals surface area contributed by atoms with E-state index in [1.165, 1.54) is 7.11 Å². The molecule has 4 bridgehead atoms. The number of quaternary nitrogens is 1. The van der Waals surface area contributed by atoms with Crippen molar-refractivity contribution >= 4 is 98.2 Å². The molecule has 0 saturated carbocycles. The highest BCUT2D eigenvalue weighted by molar-refractivity contribution is 6.34. The number of carbonyl (C=O) groups is 8. The van der Waals surface area contributed by atoms with Crippen molar-refractivity contribution in [2.45, 2.75) is 101 Å². The molecule has 6 aromatic rings. The zero-order chi connectivity index (χ0) is 60.9. The molecule has 0 spiro atoms. The number of likely N-dealkylation sites (N-methyl/N-ethyl adjacent to an activating group) is 1. The first kappa shape index (κ1) is 60.0. The minimum atomic E-state index is -0.691. The van der Waals surface area contributed by atoms with Crippen LogP contribution in [0.4, 0.5) is 22.1 Å². The van der Waals surface area contributed by atoms with Crippen molar-refractivity contribution in [3.05, 3.63) is 89.0 Å². The number of anilines is 3. The Bertz CT molecular complexity index is 3630. The van der Waals surface area contributed by atoms with E-state index in [9.17, 15) is 38.4 Å². The quantitative estimate of drug-likeness (QED) is 0.0368. The molecule has 0 radical (unpaired) electrons. The van der Waals surface area contributed by atoms with Gasteiger partial charge in [-0.1, -0.05) is 47.1 Å². The van der Waals surface area contributed by atoms with Crippen LogP contribution in [0.25, 0.3) is 32.9 Å². The van der Waals surface area contributed by atoms with Gasteiger partial charge in [0.15, 0.2) is 11.5 Å².